The molecule has 0 spiro atoms. The van der Waals surface area contributed by atoms with Crippen LogP contribution in [0, 0.1) is 5.82 Å². The third-order valence-electron chi connectivity index (χ3n) is 4.65. The lowest BCUT2D eigenvalue weighted by Gasteiger charge is -2.12. The van der Waals surface area contributed by atoms with Gasteiger partial charge >= 0.3 is 6.03 Å². The Morgan fingerprint density at radius 3 is 2.30 bits per heavy atom. The number of halogens is 2. The molecule has 4 amide bonds. The summed E-state index contributed by atoms with van der Waals surface area (Å²) in [4.78, 5) is 39.8. The molecule has 9 heteroatoms. The first-order valence-corrected chi connectivity index (χ1v) is 11.0. The second-order valence-electron chi connectivity index (χ2n) is 7.03. The summed E-state index contributed by atoms with van der Waals surface area (Å²) in [6.07, 6.45) is 1.53. The van der Waals surface area contributed by atoms with Crippen LogP contribution in [0.25, 0.3) is 6.08 Å². The van der Waals surface area contributed by atoms with Crippen LogP contribution in [0.1, 0.15) is 5.56 Å². The Morgan fingerprint density at radius 1 is 1.00 bits per heavy atom. The van der Waals surface area contributed by atoms with E-state index in [4.69, 9.17) is 11.6 Å². The van der Waals surface area contributed by atoms with E-state index in [0.717, 1.165) is 14.7 Å². The van der Waals surface area contributed by atoms with E-state index in [1.165, 1.54) is 24.3 Å². The topological polar surface area (TPSA) is 78.5 Å². The molecule has 1 aliphatic rings. The minimum absolute atomic E-state index is 0.0260. The van der Waals surface area contributed by atoms with E-state index in [9.17, 15) is 18.8 Å². The Balaban J connectivity index is 1.40. The second kappa shape index (κ2) is 9.89. The van der Waals surface area contributed by atoms with Gasteiger partial charge in [-0.3, -0.25) is 9.59 Å². The summed E-state index contributed by atoms with van der Waals surface area (Å²) >= 11 is 7.47. The maximum atomic E-state index is 13.7. The molecule has 6 nitrogen and oxygen atoms in total. The van der Waals surface area contributed by atoms with Gasteiger partial charge in [-0.15, -0.1) is 0 Å². The molecule has 2 N–H and O–H groups in total. The summed E-state index contributed by atoms with van der Waals surface area (Å²) in [6.45, 7) is -0.535. The number of carbonyl (C=O) groups excluding carboxylic acids is 3. The van der Waals surface area contributed by atoms with Gasteiger partial charge in [-0.2, -0.15) is 0 Å². The molecular formula is C24H17ClFN3O3S. The molecule has 0 radical (unpaired) electrons. The first kappa shape index (κ1) is 22.6. The molecule has 3 aromatic carbocycles. The predicted molar refractivity (Wildman–Crippen MR) is 125 cm³/mol. The van der Waals surface area contributed by atoms with Crippen molar-refractivity contribution in [1.82, 2.24) is 10.2 Å². The summed E-state index contributed by atoms with van der Waals surface area (Å²) < 4.78 is 13.7. The predicted octanol–water partition coefficient (Wildman–Crippen LogP) is 5.16. The molecule has 1 fully saturated rings. The van der Waals surface area contributed by atoms with Crippen LogP contribution in [0.2, 0.25) is 5.02 Å². The Bertz CT molecular complexity index is 1250. The first-order valence-electron chi connectivity index (χ1n) is 9.81. The van der Waals surface area contributed by atoms with Gasteiger partial charge in [-0.25, -0.2) is 14.1 Å². The van der Waals surface area contributed by atoms with Crippen molar-refractivity contribution in [1.29, 1.82) is 0 Å². The zero-order valence-corrected chi connectivity index (χ0v) is 18.6. The SMILES string of the molecule is O=C(CN1C(=O)N/C(=C\c2ccc(Sc3ccc(Cl)cc3)cc2)C1=O)Nc1ccccc1F. The summed E-state index contributed by atoms with van der Waals surface area (Å²) in [7, 11) is 0. The fourth-order valence-corrected chi connectivity index (χ4v) is 3.99. The lowest BCUT2D eigenvalue weighted by molar-refractivity contribution is -0.127. The van der Waals surface area contributed by atoms with Crippen LogP contribution in [0.4, 0.5) is 14.9 Å². The molecule has 0 aliphatic carbocycles. The van der Waals surface area contributed by atoms with Crippen molar-refractivity contribution in [3.8, 4) is 0 Å². The molecule has 1 aliphatic heterocycles. The van der Waals surface area contributed by atoms with Crippen molar-refractivity contribution >= 4 is 53.0 Å². The highest BCUT2D eigenvalue weighted by atomic mass is 35.5. The number of benzene rings is 3. The highest BCUT2D eigenvalue weighted by Crippen LogP contribution is 2.29. The number of imide groups is 1. The van der Waals surface area contributed by atoms with Crippen LogP contribution >= 0.6 is 23.4 Å². The molecule has 0 aromatic heterocycles. The molecule has 0 bridgehead atoms. The van der Waals surface area contributed by atoms with Gasteiger partial charge in [0.25, 0.3) is 5.91 Å². The van der Waals surface area contributed by atoms with Crippen molar-refractivity contribution in [2.75, 3.05) is 11.9 Å². The van der Waals surface area contributed by atoms with Crippen molar-refractivity contribution in [2.24, 2.45) is 0 Å². The number of carbonyl (C=O) groups is 3. The van der Waals surface area contributed by atoms with E-state index in [2.05, 4.69) is 10.6 Å². The number of rotatable bonds is 6. The fourth-order valence-electron chi connectivity index (χ4n) is 3.05. The van der Waals surface area contributed by atoms with E-state index in [-0.39, 0.29) is 11.4 Å². The Labute approximate surface area is 198 Å². The molecule has 4 rings (SSSR count). The van der Waals surface area contributed by atoms with Crippen molar-refractivity contribution < 1.29 is 18.8 Å². The lowest BCUT2D eigenvalue weighted by atomic mass is 10.2. The Kier molecular flexibility index (Phi) is 6.76. The highest BCUT2D eigenvalue weighted by Gasteiger charge is 2.35. The third kappa shape index (κ3) is 5.60. The van der Waals surface area contributed by atoms with Gasteiger partial charge in [-0.05, 0) is 60.2 Å². The van der Waals surface area contributed by atoms with Crippen molar-refractivity contribution in [3.05, 3.63) is 94.9 Å². The monoisotopic (exact) mass is 481 g/mol. The summed E-state index contributed by atoms with van der Waals surface area (Å²) in [5, 5.41) is 5.49. The van der Waals surface area contributed by atoms with E-state index in [0.29, 0.717) is 10.6 Å². The largest absolute Gasteiger partial charge is 0.329 e. The standard InChI is InChI=1S/C24H17ClFN3O3S/c25-16-7-11-18(12-8-16)33-17-9-5-15(6-10-17)13-21-23(31)29(24(32)28-21)14-22(30)27-20-4-2-1-3-19(20)26/h1-13H,14H2,(H,27,30)(H,28,32)/b21-13-. The minimum atomic E-state index is -0.718. The molecule has 166 valence electrons. The van der Waals surface area contributed by atoms with E-state index in [1.807, 2.05) is 48.5 Å². The summed E-state index contributed by atoms with van der Waals surface area (Å²) in [5.41, 5.74) is 0.732. The van der Waals surface area contributed by atoms with Crippen molar-refractivity contribution in [3.63, 3.8) is 0 Å². The molecule has 0 unspecified atom stereocenters. The van der Waals surface area contributed by atoms with Gasteiger partial charge in [0.05, 0.1) is 5.69 Å². The van der Waals surface area contributed by atoms with Gasteiger partial charge < -0.3 is 10.6 Å². The van der Waals surface area contributed by atoms with Gasteiger partial charge in [0.15, 0.2) is 0 Å². The fraction of sp³-hybridized carbons (Fsp3) is 0.0417. The summed E-state index contributed by atoms with van der Waals surface area (Å²) in [6, 6.07) is 19.8. The smallest absolute Gasteiger partial charge is 0.322 e. The van der Waals surface area contributed by atoms with Gasteiger partial charge in [0, 0.05) is 14.8 Å². The molecule has 3 aromatic rings. The van der Waals surface area contributed by atoms with Crippen LogP contribution in [-0.2, 0) is 9.59 Å². The number of amides is 4. The minimum Gasteiger partial charge on any atom is -0.322 e. The zero-order valence-electron chi connectivity index (χ0n) is 17.0. The molecule has 1 heterocycles. The van der Waals surface area contributed by atoms with Gasteiger partial charge in [0.1, 0.15) is 18.1 Å². The third-order valence-corrected chi connectivity index (χ3v) is 5.92. The number of nitrogens with one attached hydrogen (secondary N) is 2. The number of para-hydroxylation sites is 1. The quantitative estimate of drug-likeness (QED) is 0.376. The lowest BCUT2D eigenvalue weighted by Crippen LogP contribution is -2.38. The van der Waals surface area contributed by atoms with Gasteiger partial charge in [0.2, 0.25) is 5.91 Å². The highest BCUT2D eigenvalue weighted by molar-refractivity contribution is 7.99. The maximum absolute atomic E-state index is 13.7. The summed E-state index contributed by atoms with van der Waals surface area (Å²) in [5.74, 6) is -1.93. The Hall–Kier alpha value is -3.62. The maximum Gasteiger partial charge on any atom is 0.329 e. The molecule has 0 saturated carbocycles. The molecule has 1 saturated heterocycles. The van der Waals surface area contributed by atoms with E-state index in [1.54, 1.807) is 17.8 Å². The number of hydrogen-bond acceptors (Lipinski definition) is 4. The van der Waals surface area contributed by atoms with E-state index >= 15 is 0 Å². The normalized spacial score (nSPS) is 14.5. The number of hydrogen-bond donors (Lipinski definition) is 2. The first-order chi connectivity index (χ1) is 15.9. The molecule has 33 heavy (non-hydrogen) atoms. The second-order valence-corrected chi connectivity index (χ2v) is 8.62. The number of anilines is 1. The van der Waals surface area contributed by atoms with Crippen molar-refractivity contribution in [2.45, 2.75) is 9.79 Å². The van der Waals surface area contributed by atoms with Crippen LogP contribution in [-0.4, -0.2) is 29.3 Å². The van der Waals surface area contributed by atoms with E-state index < -0.39 is 30.2 Å². The average molecular weight is 482 g/mol. The molecular weight excluding hydrogens is 465 g/mol. The number of nitrogens with zero attached hydrogens (tertiary/aromatic N) is 1. The van der Waals surface area contributed by atoms with Crippen LogP contribution in [0.5, 0.6) is 0 Å². The van der Waals surface area contributed by atoms with Gasteiger partial charge in [-0.1, -0.05) is 47.6 Å². The molecule has 0 atom stereocenters. The Morgan fingerprint density at radius 2 is 1.64 bits per heavy atom. The average Bonchev–Trinajstić information content (AvgIpc) is 3.05. The number of urea groups is 1. The zero-order chi connectivity index (χ0) is 23.4. The van der Waals surface area contributed by atoms with Crippen LogP contribution in [0.3, 0.4) is 0 Å². The van der Waals surface area contributed by atoms with Crippen LogP contribution < -0.4 is 10.6 Å². The van der Waals surface area contributed by atoms with Crippen LogP contribution in [0.15, 0.2) is 88.3 Å².